The number of nitrogens with zero attached hydrogens (tertiary/aromatic N) is 2. The van der Waals surface area contributed by atoms with E-state index in [2.05, 4.69) is 17.0 Å². The van der Waals surface area contributed by atoms with Crippen LogP contribution in [0.15, 0.2) is 30.3 Å². The Labute approximate surface area is 126 Å². The van der Waals surface area contributed by atoms with Crippen molar-refractivity contribution in [1.29, 1.82) is 0 Å². The van der Waals surface area contributed by atoms with Crippen LogP contribution in [0.25, 0.3) is 0 Å². The first-order chi connectivity index (χ1) is 10.1. The van der Waals surface area contributed by atoms with E-state index < -0.39 is 6.10 Å². The number of hydrogen-bond acceptors (Lipinski definition) is 4. The highest BCUT2D eigenvalue weighted by Crippen LogP contribution is 2.18. The molecule has 21 heavy (non-hydrogen) atoms. The number of rotatable bonds is 4. The molecule has 0 aromatic heterocycles. The van der Waals surface area contributed by atoms with Crippen molar-refractivity contribution >= 4 is 6.09 Å². The minimum absolute atomic E-state index is 0.0663. The molecule has 0 bridgehead atoms. The number of carbonyl (C=O) groups excluding carboxylic acids is 1. The summed E-state index contributed by atoms with van der Waals surface area (Å²) in [7, 11) is 1.98. The van der Waals surface area contributed by atoms with E-state index in [1.54, 1.807) is 11.8 Å². The third kappa shape index (κ3) is 4.19. The zero-order chi connectivity index (χ0) is 15.2. The van der Waals surface area contributed by atoms with E-state index in [1.165, 1.54) is 5.56 Å². The Morgan fingerprint density at radius 1 is 1.43 bits per heavy atom. The van der Waals surface area contributed by atoms with Gasteiger partial charge >= 0.3 is 6.09 Å². The maximum absolute atomic E-state index is 11.8. The number of likely N-dealkylation sites (tertiary alicyclic amines) is 1. The Kier molecular flexibility index (Phi) is 5.59. The second kappa shape index (κ2) is 7.43. The molecule has 1 heterocycles. The Hall–Kier alpha value is -1.59. The predicted molar refractivity (Wildman–Crippen MR) is 80.9 cm³/mol. The van der Waals surface area contributed by atoms with Crippen molar-refractivity contribution in [2.75, 3.05) is 26.7 Å². The molecule has 0 spiro atoms. The molecule has 2 atom stereocenters. The molecule has 1 amide bonds. The largest absolute Gasteiger partial charge is 0.450 e. The molecular formula is C16H24N2O3. The van der Waals surface area contributed by atoms with E-state index in [0.29, 0.717) is 26.1 Å². The molecule has 1 fully saturated rings. The summed E-state index contributed by atoms with van der Waals surface area (Å²) in [5, 5.41) is 10.2. The monoisotopic (exact) mass is 292 g/mol. The smallest absolute Gasteiger partial charge is 0.409 e. The standard InChI is InChI=1S/C16H24N2O3/c1-3-21-16(20)18-10-9-15(19)14(12-18)17(2)11-13-7-5-4-6-8-13/h4-8,14-15,19H,3,9-12H2,1-2H3/t14-,15-/m0/s1. The maximum atomic E-state index is 11.8. The van der Waals surface area contributed by atoms with Crippen molar-refractivity contribution in [1.82, 2.24) is 9.80 Å². The summed E-state index contributed by atoms with van der Waals surface area (Å²) < 4.78 is 5.05. The first kappa shape index (κ1) is 15.8. The fourth-order valence-electron chi connectivity index (χ4n) is 2.72. The van der Waals surface area contributed by atoms with Crippen LogP contribution in [0.3, 0.4) is 0 Å². The SMILES string of the molecule is CCOC(=O)N1CC[C@H](O)[C@@H](N(C)Cc2ccccc2)C1. The maximum Gasteiger partial charge on any atom is 0.409 e. The van der Waals surface area contributed by atoms with Crippen LogP contribution in [-0.2, 0) is 11.3 Å². The lowest BCUT2D eigenvalue weighted by Crippen LogP contribution is -2.55. The molecular weight excluding hydrogens is 268 g/mol. The lowest BCUT2D eigenvalue weighted by molar-refractivity contribution is -0.00500. The highest BCUT2D eigenvalue weighted by molar-refractivity contribution is 5.67. The van der Waals surface area contributed by atoms with Gasteiger partial charge in [0.05, 0.1) is 18.8 Å². The van der Waals surface area contributed by atoms with Gasteiger partial charge in [0, 0.05) is 19.6 Å². The molecule has 5 nitrogen and oxygen atoms in total. The minimum Gasteiger partial charge on any atom is -0.450 e. The van der Waals surface area contributed by atoms with Crippen molar-refractivity contribution in [2.24, 2.45) is 0 Å². The van der Waals surface area contributed by atoms with E-state index in [0.717, 1.165) is 6.54 Å². The van der Waals surface area contributed by atoms with Crippen LogP contribution < -0.4 is 0 Å². The summed E-state index contributed by atoms with van der Waals surface area (Å²) in [4.78, 5) is 15.6. The number of aliphatic hydroxyl groups is 1. The molecule has 0 aliphatic carbocycles. The highest BCUT2D eigenvalue weighted by atomic mass is 16.6. The van der Waals surface area contributed by atoms with Gasteiger partial charge < -0.3 is 14.7 Å². The van der Waals surface area contributed by atoms with Crippen molar-refractivity contribution < 1.29 is 14.6 Å². The fourth-order valence-corrected chi connectivity index (χ4v) is 2.72. The Bertz CT molecular complexity index is 452. The van der Waals surface area contributed by atoms with Gasteiger partial charge in [0.15, 0.2) is 0 Å². The number of benzene rings is 1. The molecule has 5 heteroatoms. The molecule has 1 saturated heterocycles. The first-order valence-corrected chi connectivity index (χ1v) is 7.45. The lowest BCUT2D eigenvalue weighted by Gasteiger charge is -2.40. The second-order valence-electron chi connectivity index (χ2n) is 5.47. The summed E-state index contributed by atoms with van der Waals surface area (Å²) in [6.45, 7) is 3.98. The van der Waals surface area contributed by atoms with Crippen LogP contribution >= 0.6 is 0 Å². The Morgan fingerprint density at radius 3 is 2.81 bits per heavy atom. The van der Waals surface area contributed by atoms with Gasteiger partial charge in [0.1, 0.15) is 0 Å². The van der Waals surface area contributed by atoms with E-state index in [1.807, 2.05) is 25.2 Å². The van der Waals surface area contributed by atoms with Gasteiger partial charge in [0.2, 0.25) is 0 Å². The predicted octanol–water partition coefficient (Wildman–Crippen LogP) is 1.71. The van der Waals surface area contributed by atoms with Gasteiger partial charge in [0.25, 0.3) is 0 Å². The lowest BCUT2D eigenvalue weighted by atomic mass is 10.0. The highest BCUT2D eigenvalue weighted by Gasteiger charge is 2.33. The number of aliphatic hydroxyl groups excluding tert-OH is 1. The number of ether oxygens (including phenoxy) is 1. The fraction of sp³-hybridized carbons (Fsp3) is 0.562. The Morgan fingerprint density at radius 2 is 2.14 bits per heavy atom. The molecule has 1 aliphatic heterocycles. The average Bonchev–Trinajstić information content (AvgIpc) is 2.48. The second-order valence-corrected chi connectivity index (χ2v) is 5.47. The summed E-state index contributed by atoms with van der Waals surface area (Å²) >= 11 is 0. The van der Waals surface area contributed by atoms with Crippen LogP contribution in [0.5, 0.6) is 0 Å². The normalized spacial score (nSPS) is 22.4. The topological polar surface area (TPSA) is 53.0 Å². The van der Waals surface area contributed by atoms with Gasteiger partial charge in [-0.15, -0.1) is 0 Å². The van der Waals surface area contributed by atoms with Gasteiger partial charge in [-0.2, -0.15) is 0 Å². The molecule has 1 aliphatic rings. The number of carbonyl (C=O) groups is 1. The van der Waals surface area contributed by atoms with E-state index in [9.17, 15) is 9.90 Å². The summed E-state index contributed by atoms with van der Waals surface area (Å²) in [5.74, 6) is 0. The average molecular weight is 292 g/mol. The summed E-state index contributed by atoms with van der Waals surface area (Å²) in [5.41, 5.74) is 1.19. The quantitative estimate of drug-likeness (QED) is 0.918. The van der Waals surface area contributed by atoms with Gasteiger partial charge in [-0.25, -0.2) is 4.79 Å². The molecule has 116 valence electrons. The molecule has 2 rings (SSSR count). The van der Waals surface area contributed by atoms with E-state index in [-0.39, 0.29) is 12.1 Å². The van der Waals surface area contributed by atoms with Gasteiger partial charge in [-0.05, 0) is 26.0 Å². The minimum atomic E-state index is -0.413. The first-order valence-electron chi connectivity index (χ1n) is 7.45. The molecule has 1 aromatic rings. The molecule has 1 aromatic carbocycles. The summed E-state index contributed by atoms with van der Waals surface area (Å²) in [6, 6.07) is 10.1. The molecule has 1 N–H and O–H groups in total. The number of piperidine rings is 1. The van der Waals surface area contributed by atoms with Crippen LogP contribution in [0.2, 0.25) is 0 Å². The van der Waals surface area contributed by atoms with E-state index >= 15 is 0 Å². The summed E-state index contributed by atoms with van der Waals surface area (Å²) in [6.07, 6.45) is -0.116. The van der Waals surface area contributed by atoms with Crippen molar-refractivity contribution in [3.8, 4) is 0 Å². The third-order valence-electron chi connectivity index (χ3n) is 3.91. The van der Waals surface area contributed by atoms with Crippen molar-refractivity contribution in [3.63, 3.8) is 0 Å². The molecule has 0 radical (unpaired) electrons. The van der Waals surface area contributed by atoms with Crippen molar-refractivity contribution in [2.45, 2.75) is 32.0 Å². The number of amides is 1. The zero-order valence-electron chi connectivity index (χ0n) is 12.7. The Balaban J connectivity index is 1.97. The molecule has 0 saturated carbocycles. The van der Waals surface area contributed by atoms with Crippen LogP contribution in [-0.4, -0.2) is 59.9 Å². The zero-order valence-corrected chi connectivity index (χ0v) is 12.7. The van der Waals surface area contributed by atoms with Gasteiger partial charge in [-0.1, -0.05) is 30.3 Å². The number of hydrogen-bond donors (Lipinski definition) is 1. The van der Waals surface area contributed by atoms with E-state index in [4.69, 9.17) is 4.74 Å². The van der Waals surface area contributed by atoms with Crippen LogP contribution in [0, 0.1) is 0 Å². The number of likely N-dealkylation sites (N-methyl/N-ethyl adjacent to an activating group) is 1. The van der Waals surface area contributed by atoms with Gasteiger partial charge in [-0.3, -0.25) is 4.90 Å². The van der Waals surface area contributed by atoms with Crippen LogP contribution in [0.1, 0.15) is 18.9 Å². The molecule has 0 unspecified atom stereocenters. The third-order valence-corrected chi connectivity index (χ3v) is 3.91. The van der Waals surface area contributed by atoms with Crippen LogP contribution in [0.4, 0.5) is 4.79 Å². The van der Waals surface area contributed by atoms with Crippen molar-refractivity contribution in [3.05, 3.63) is 35.9 Å².